The van der Waals surface area contributed by atoms with Crippen molar-refractivity contribution in [3.05, 3.63) is 41.6 Å². The lowest BCUT2D eigenvalue weighted by molar-refractivity contribution is 0.00734. The van der Waals surface area contributed by atoms with Gasteiger partial charge in [-0.2, -0.15) is 0 Å². The van der Waals surface area contributed by atoms with Crippen molar-refractivity contribution in [1.82, 2.24) is 5.06 Å². The van der Waals surface area contributed by atoms with Crippen molar-refractivity contribution in [1.29, 1.82) is 0 Å². The van der Waals surface area contributed by atoms with E-state index in [0.29, 0.717) is 6.54 Å². The minimum atomic E-state index is 0.467. The number of rotatable bonds is 1. The average Bonchev–Trinajstić information content (AvgIpc) is 2.53. The van der Waals surface area contributed by atoms with Crippen molar-refractivity contribution < 1.29 is 5.21 Å². The zero-order valence-electron chi connectivity index (χ0n) is 7.09. The smallest absolute Gasteiger partial charge is 0.116 e. The maximum atomic E-state index is 9.02. The molecule has 1 aliphatic heterocycles. The fourth-order valence-corrected chi connectivity index (χ4v) is 1.21. The normalized spacial score (nSPS) is 18.5. The number of benzene rings is 1. The van der Waals surface area contributed by atoms with E-state index in [4.69, 9.17) is 5.21 Å². The second-order valence-corrected chi connectivity index (χ2v) is 2.89. The standard InChI is InChI=1S/C10H10N2O/c13-12-7-10(11-8-12)6-9-4-2-1-3-5-9/h1-6,8,13H,7H2. The summed E-state index contributed by atoms with van der Waals surface area (Å²) in [5.41, 5.74) is 1.97. The van der Waals surface area contributed by atoms with Gasteiger partial charge >= 0.3 is 0 Å². The maximum Gasteiger partial charge on any atom is 0.116 e. The van der Waals surface area contributed by atoms with Gasteiger partial charge in [0.15, 0.2) is 0 Å². The third-order valence-electron chi connectivity index (χ3n) is 1.81. The molecule has 0 spiro atoms. The summed E-state index contributed by atoms with van der Waals surface area (Å²) in [6, 6.07) is 9.92. The van der Waals surface area contributed by atoms with Gasteiger partial charge in [0.05, 0.1) is 12.2 Å². The van der Waals surface area contributed by atoms with Crippen LogP contribution in [0.4, 0.5) is 0 Å². The second kappa shape index (κ2) is 3.41. The molecule has 0 radical (unpaired) electrons. The third-order valence-corrected chi connectivity index (χ3v) is 1.81. The fourth-order valence-electron chi connectivity index (χ4n) is 1.21. The Hall–Kier alpha value is -1.61. The Morgan fingerprint density at radius 1 is 1.31 bits per heavy atom. The van der Waals surface area contributed by atoms with Crippen LogP contribution in [0.25, 0.3) is 6.08 Å². The monoisotopic (exact) mass is 174 g/mol. The predicted molar refractivity (Wildman–Crippen MR) is 51.4 cm³/mol. The molecule has 0 unspecified atom stereocenters. The number of nitrogens with zero attached hydrogens (tertiary/aromatic N) is 2. The Morgan fingerprint density at radius 3 is 2.69 bits per heavy atom. The molecule has 3 nitrogen and oxygen atoms in total. The van der Waals surface area contributed by atoms with Crippen molar-refractivity contribution >= 4 is 12.4 Å². The maximum absolute atomic E-state index is 9.02. The number of hydrogen-bond donors (Lipinski definition) is 1. The Balaban J connectivity index is 2.18. The SMILES string of the molecule is ON1C=NC(=Cc2ccccc2)C1. The molecule has 0 bridgehead atoms. The second-order valence-electron chi connectivity index (χ2n) is 2.89. The largest absolute Gasteiger partial charge is 0.287 e. The lowest BCUT2D eigenvalue weighted by atomic mass is 10.2. The molecule has 1 heterocycles. The van der Waals surface area contributed by atoms with Crippen LogP contribution in [0, 0.1) is 0 Å². The molecule has 0 amide bonds. The van der Waals surface area contributed by atoms with Crippen molar-refractivity contribution in [3.8, 4) is 0 Å². The third kappa shape index (κ3) is 1.95. The van der Waals surface area contributed by atoms with E-state index in [0.717, 1.165) is 16.3 Å². The van der Waals surface area contributed by atoms with Crippen LogP contribution in [0.5, 0.6) is 0 Å². The summed E-state index contributed by atoms with van der Waals surface area (Å²) < 4.78 is 0. The lowest BCUT2D eigenvalue weighted by Crippen LogP contribution is -2.12. The van der Waals surface area contributed by atoms with Gasteiger partial charge in [0.1, 0.15) is 6.34 Å². The average molecular weight is 174 g/mol. The minimum absolute atomic E-state index is 0.467. The van der Waals surface area contributed by atoms with Crippen LogP contribution >= 0.6 is 0 Å². The van der Waals surface area contributed by atoms with E-state index in [1.54, 1.807) is 0 Å². The zero-order valence-corrected chi connectivity index (χ0v) is 7.09. The van der Waals surface area contributed by atoms with E-state index >= 15 is 0 Å². The van der Waals surface area contributed by atoms with Crippen LogP contribution in [0.15, 0.2) is 41.0 Å². The van der Waals surface area contributed by atoms with Crippen molar-refractivity contribution in [2.45, 2.75) is 0 Å². The Morgan fingerprint density at radius 2 is 2.08 bits per heavy atom. The van der Waals surface area contributed by atoms with E-state index < -0.39 is 0 Å². The molecule has 1 aromatic carbocycles. The highest BCUT2D eigenvalue weighted by Gasteiger charge is 2.06. The van der Waals surface area contributed by atoms with Crippen LogP contribution in [0.3, 0.4) is 0 Å². The van der Waals surface area contributed by atoms with Crippen molar-refractivity contribution in [2.75, 3.05) is 6.54 Å². The summed E-state index contributed by atoms with van der Waals surface area (Å²) in [5, 5.41) is 10.1. The van der Waals surface area contributed by atoms with E-state index in [9.17, 15) is 0 Å². The van der Waals surface area contributed by atoms with Gasteiger partial charge in [0.25, 0.3) is 0 Å². The molecule has 2 rings (SSSR count). The molecule has 0 aromatic heterocycles. The van der Waals surface area contributed by atoms with E-state index in [1.807, 2.05) is 36.4 Å². The molecule has 1 aromatic rings. The lowest BCUT2D eigenvalue weighted by Gasteiger charge is -2.00. The molecule has 0 saturated heterocycles. The van der Waals surface area contributed by atoms with Crippen molar-refractivity contribution in [3.63, 3.8) is 0 Å². The summed E-state index contributed by atoms with van der Waals surface area (Å²) in [5.74, 6) is 0. The van der Waals surface area contributed by atoms with E-state index in [1.165, 1.54) is 6.34 Å². The zero-order chi connectivity index (χ0) is 9.10. The van der Waals surface area contributed by atoms with Crippen LogP contribution in [-0.4, -0.2) is 23.2 Å². The first-order chi connectivity index (χ1) is 6.34. The van der Waals surface area contributed by atoms with Gasteiger partial charge in [-0.05, 0) is 11.6 Å². The fraction of sp³-hybridized carbons (Fsp3) is 0.100. The molecule has 1 aliphatic rings. The molecule has 66 valence electrons. The number of hydrogen-bond acceptors (Lipinski definition) is 3. The Kier molecular flexibility index (Phi) is 2.10. The summed E-state index contributed by atoms with van der Waals surface area (Å²) >= 11 is 0. The number of aliphatic imine (C=N–C) groups is 1. The number of hydroxylamine groups is 2. The van der Waals surface area contributed by atoms with Crippen LogP contribution in [-0.2, 0) is 0 Å². The summed E-state index contributed by atoms with van der Waals surface area (Å²) in [4.78, 5) is 4.02. The highest BCUT2D eigenvalue weighted by atomic mass is 16.5. The predicted octanol–water partition coefficient (Wildman–Crippen LogP) is 1.76. The van der Waals surface area contributed by atoms with Gasteiger partial charge in [-0.1, -0.05) is 30.3 Å². The van der Waals surface area contributed by atoms with Crippen LogP contribution in [0.1, 0.15) is 5.56 Å². The molecule has 1 N–H and O–H groups in total. The quantitative estimate of drug-likeness (QED) is 0.704. The van der Waals surface area contributed by atoms with Gasteiger partial charge in [-0.25, -0.2) is 10.1 Å². The summed E-state index contributed by atoms with van der Waals surface area (Å²) in [6.07, 6.45) is 3.36. The first-order valence-corrected chi connectivity index (χ1v) is 4.10. The summed E-state index contributed by atoms with van der Waals surface area (Å²) in [7, 11) is 0. The summed E-state index contributed by atoms with van der Waals surface area (Å²) in [6.45, 7) is 0.467. The highest BCUT2D eigenvalue weighted by Crippen LogP contribution is 2.11. The Labute approximate surface area is 76.6 Å². The van der Waals surface area contributed by atoms with Gasteiger partial charge in [0, 0.05) is 0 Å². The minimum Gasteiger partial charge on any atom is -0.287 e. The van der Waals surface area contributed by atoms with E-state index in [-0.39, 0.29) is 0 Å². The molecule has 13 heavy (non-hydrogen) atoms. The molecule has 3 heteroatoms. The highest BCUT2D eigenvalue weighted by molar-refractivity contribution is 5.64. The Bertz CT molecular complexity index is 343. The molecular weight excluding hydrogens is 164 g/mol. The molecular formula is C10H10N2O. The molecule has 0 saturated carbocycles. The van der Waals surface area contributed by atoms with Crippen molar-refractivity contribution in [2.24, 2.45) is 4.99 Å². The molecule has 0 aliphatic carbocycles. The topological polar surface area (TPSA) is 35.8 Å². The van der Waals surface area contributed by atoms with Crippen LogP contribution < -0.4 is 0 Å². The van der Waals surface area contributed by atoms with Gasteiger partial charge < -0.3 is 0 Å². The van der Waals surface area contributed by atoms with Crippen LogP contribution in [0.2, 0.25) is 0 Å². The van der Waals surface area contributed by atoms with Gasteiger partial charge in [-0.3, -0.25) is 5.21 Å². The molecule has 0 fully saturated rings. The molecule has 0 atom stereocenters. The van der Waals surface area contributed by atoms with E-state index in [2.05, 4.69) is 4.99 Å². The van der Waals surface area contributed by atoms with Gasteiger partial charge in [-0.15, -0.1) is 0 Å². The van der Waals surface area contributed by atoms with Gasteiger partial charge in [0.2, 0.25) is 0 Å². The first kappa shape index (κ1) is 8.01. The first-order valence-electron chi connectivity index (χ1n) is 4.10.